The van der Waals surface area contributed by atoms with Gasteiger partial charge in [-0.25, -0.2) is 0 Å². The molecular weight excluding hydrogens is 446 g/mol. The van der Waals surface area contributed by atoms with Crippen LogP contribution >= 0.6 is 15.9 Å². The highest BCUT2D eigenvalue weighted by Crippen LogP contribution is 2.18. The Morgan fingerprint density at radius 3 is 2.47 bits per heavy atom. The summed E-state index contributed by atoms with van der Waals surface area (Å²) in [4.78, 5) is 39.2. The maximum Gasteiger partial charge on any atom is 0.252 e. The second-order valence-corrected chi connectivity index (χ2v) is 8.45. The quantitative estimate of drug-likeness (QED) is 0.457. The van der Waals surface area contributed by atoms with Gasteiger partial charge in [0.25, 0.3) is 5.91 Å². The molecule has 6 nitrogen and oxygen atoms in total. The topological polar surface area (TPSA) is 92.5 Å². The standard InChI is InChI=1S/C23H26BrN3O3/c24-18-10-8-16(9-11-18)21(28)19-6-1-2-7-20(19)23(30)26-12-4-14-27-13-3-5-17(15-27)22(25)29/h1-2,6-11,17H,3-5,12-15H2,(H2,25,29)(H,26,30). The van der Waals surface area contributed by atoms with Gasteiger partial charge in [0.05, 0.1) is 11.5 Å². The van der Waals surface area contributed by atoms with Crippen LogP contribution in [-0.4, -0.2) is 48.7 Å². The maximum absolute atomic E-state index is 12.9. The van der Waals surface area contributed by atoms with Gasteiger partial charge in [-0.15, -0.1) is 0 Å². The first kappa shape index (κ1) is 22.2. The largest absolute Gasteiger partial charge is 0.369 e. The van der Waals surface area contributed by atoms with Crippen molar-refractivity contribution >= 4 is 33.5 Å². The number of carbonyl (C=O) groups is 3. The van der Waals surface area contributed by atoms with Crippen molar-refractivity contribution in [3.05, 3.63) is 69.7 Å². The zero-order valence-electron chi connectivity index (χ0n) is 16.8. The van der Waals surface area contributed by atoms with E-state index in [1.165, 1.54) is 0 Å². The third-order valence-corrected chi connectivity index (χ3v) is 5.90. The van der Waals surface area contributed by atoms with E-state index < -0.39 is 0 Å². The minimum atomic E-state index is -0.260. The molecule has 1 unspecified atom stereocenters. The van der Waals surface area contributed by atoms with Crippen molar-refractivity contribution in [2.24, 2.45) is 11.7 Å². The number of primary amides is 1. The van der Waals surface area contributed by atoms with Crippen LogP contribution in [0.1, 0.15) is 45.5 Å². The number of hydrogen-bond acceptors (Lipinski definition) is 4. The molecule has 1 fully saturated rings. The minimum Gasteiger partial charge on any atom is -0.369 e. The second-order valence-electron chi connectivity index (χ2n) is 7.53. The Hall–Kier alpha value is -2.51. The Labute approximate surface area is 184 Å². The van der Waals surface area contributed by atoms with Crippen LogP contribution in [0.15, 0.2) is 53.0 Å². The van der Waals surface area contributed by atoms with E-state index in [0.717, 1.165) is 36.8 Å². The van der Waals surface area contributed by atoms with Crippen molar-refractivity contribution in [1.29, 1.82) is 0 Å². The van der Waals surface area contributed by atoms with E-state index >= 15 is 0 Å². The van der Waals surface area contributed by atoms with E-state index in [1.54, 1.807) is 48.5 Å². The molecule has 2 aromatic rings. The summed E-state index contributed by atoms with van der Waals surface area (Å²) in [5, 5.41) is 2.91. The normalized spacial score (nSPS) is 16.8. The van der Waals surface area contributed by atoms with Crippen LogP contribution in [0, 0.1) is 5.92 Å². The Bertz CT molecular complexity index is 914. The molecule has 1 saturated heterocycles. The first-order chi connectivity index (χ1) is 14.5. The summed E-state index contributed by atoms with van der Waals surface area (Å²) in [6.07, 6.45) is 2.58. The van der Waals surface area contributed by atoms with Gasteiger partial charge in [-0.3, -0.25) is 14.4 Å². The van der Waals surface area contributed by atoms with Gasteiger partial charge in [-0.2, -0.15) is 0 Å². The first-order valence-corrected chi connectivity index (χ1v) is 10.9. The molecule has 0 bridgehead atoms. The fraction of sp³-hybridized carbons (Fsp3) is 0.348. The second kappa shape index (κ2) is 10.5. The molecule has 1 heterocycles. The summed E-state index contributed by atoms with van der Waals surface area (Å²) in [6, 6.07) is 13.9. The average molecular weight is 472 g/mol. The van der Waals surface area contributed by atoms with E-state index in [4.69, 9.17) is 5.73 Å². The lowest BCUT2D eigenvalue weighted by Gasteiger charge is -2.31. The molecule has 0 aliphatic carbocycles. The Balaban J connectivity index is 1.55. The molecule has 30 heavy (non-hydrogen) atoms. The highest BCUT2D eigenvalue weighted by Gasteiger charge is 2.23. The average Bonchev–Trinajstić information content (AvgIpc) is 2.77. The van der Waals surface area contributed by atoms with Crippen molar-refractivity contribution in [3.63, 3.8) is 0 Å². The van der Waals surface area contributed by atoms with Gasteiger partial charge >= 0.3 is 0 Å². The molecule has 0 saturated carbocycles. The molecule has 3 N–H and O–H groups in total. The van der Waals surface area contributed by atoms with Gasteiger partial charge in [0.1, 0.15) is 0 Å². The predicted octanol–water partition coefficient (Wildman–Crippen LogP) is 3.00. The summed E-state index contributed by atoms with van der Waals surface area (Å²) >= 11 is 3.36. The maximum atomic E-state index is 12.9. The van der Waals surface area contributed by atoms with Crippen LogP contribution in [0.3, 0.4) is 0 Å². The van der Waals surface area contributed by atoms with E-state index in [0.29, 0.717) is 29.8 Å². The van der Waals surface area contributed by atoms with Gasteiger partial charge in [-0.1, -0.05) is 34.1 Å². The van der Waals surface area contributed by atoms with Crippen LogP contribution in [-0.2, 0) is 4.79 Å². The number of hydrogen-bond donors (Lipinski definition) is 2. The lowest BCUT2D eigenvalue weighted by molar-refractivity contribution is -0.123. The van der Waals surface area contributed by atoms with Gasteiger partial charge in [0.15, 0.2) is 5.78 Å². The number of ketones is 1. The number of halogens is 1. The van der Waals surface area contributed by atoms with E-state index in [1.807, 2.05) is 0 Å². The molecule has 158 valence electrons. The van der Waals surface area contributed by atoms with E-state index in [9.17, 15) is 14.4 Å². The Kier molecular flexibility index (Phi) is 7.76. The zero-order chi connectivity index (χ0) is 21.5. The minimum absolute atomic E-state index is 0.0789. The SMILES string of the molecule is NC(=O)C1CCCN(CCCNC(=O)c2ccccc2C(=O)c2ccc(Br)cc2)C1. The Morgan fingerprint density at radius 1 is 1.07 bits per heavy atom. The molecule has 0 spiro atoms. The number of piperidine rings is 1. The summed E-state index contributed by atoms with van der Waals surface area (Å²) in [5.41, 5.74) is 6.72. The molecule has 2 amide bonds. The summed E-state index contributed by atoms with van der Waals surface area (Å²) in [5.74, 6) is -0.756. The number of rotatable bonds is 8. The molecule has 1 aliphatic rings. The smallest absolute Gasteiger partial charge is 0.252 e. The number of benzene rings is 2. The van der Waals surface area contributed by atoms with Gasteiger partial charge in [0.2, 0.25) is 5.91 Å². The summed E-state index contributed by atoms with van der Waals surface area (Å²) in [7, 11) is 0. The zero-order valence-corrected chi connectivity index (χ0v) is 18.4. The molecule has 1 aliphatic heterocycles. The molecule has 3 rings (SSSR count). The number of nitrogens with two attached hydrogens (primary N) is 1. The molecule has 0 aromatic heterocycles. The highest BCUT2D eigenvalue weighted by atomic mass is 79.9. The third-order valence-electron chi connectivity index (χ3n) is 5.37. The van der Waals surface area contributed by atoms with Crippen molar-refractivity contribution < 1.29 is 14.4 Å². The van der Waals surface area contributed by atoms with E-state index in [-0.39, 0.29) is 23.5 Å². The fourth-order valence-corrected chi connectivity index (χ4v) is 3.99. The molecular formula is C23H26BrN3O3. The fourth-order valence-electron chi connectivity index (χ4n) is 3.73. The third kappa shape index (κ3) is 5.77. The van der Waals surface area contributed by atoms with Gasteiger partial charge in [-0.05, 0) is 62.7 Å². The molecule has 0 radical (unpaired) electrons. The lowest BCUT2D eigenvalue weighted by atomic mass is 9.97. The number of likely N-dealkylation sites (tertiary alicyclic amines) is 1. The Morgan fingerprint density at radius 2 is 1.77 bits per heavy atom. The van der Waals surface area contributed by atoms with Crippen molar-refractivity contribution in [2.45, 2.75) is 19.3 Å². The van der Waals surface area contributed by atoms with Crippen LogP contribution in [0.5, 0.6) is 0 Å². The van der Waals surface area contributed by atoms with Crippen molar-refractivity contribution in [2.75, 3.05) is 26.2 Å². The van der Waals surface area contributed by atoms with Crippen LogP contribution in [0.4, 0.5) is 0 Å². The number of amides is 2. The van der Waals surface area contributed by atoms with Crippen LogP contribution in [0.2, 0.25) is 0 Å². The van der Waals surface area contributed by atoms with E-state index in [2.05, 4.69) is 26.1 Å². The number of carbonyl (C=O) groups excluding carboxylic acids is 3. The molecule has 2 aromatic carbocycles. The van der Waals surface area contributed by atoms with Gasteiger partial charge < -0.3 is 16.0 Å². The van der Waals surface area contributed by atoms with Crippen LogP contribution < -0.4 is 11.1 Å². The van der Waals surface area contributed by atoms with Crippen LogP contribution in [0.25, 0.3) is 0 Å². The van der Waals surface area contributed by atoms with Crippen molar-refractivity contribution in [3.8, 4) is 0 Å². The summed E-state index contributed by atoms with van der Waals surface area (Å²) in [6.45, 7) is 2.93. The first-order valence-electron chi connectivity index (χ1n) is 10.1. The van der Waals surface area contributed by atoms with Gasteiger partial charge in [0, 0.05) is 28.7 Å². The number of nitrogens with one attached hydrogen (secondary N) is 1. The number of nitrogens with zero attached hydrogens (tertiary/aromatic N) is 1. The highest BCUT2D eigenvalue weighted by molar-refractivity contribution is 9.10. The summed E-state index contributed by atoms with van der Waals surface area (Å²) < 4.78 is 0.890. The molecule has 7 heteroatoms. The lowest BCUT2D eigenvalue weighted by Crippen LogP contribution is -2.42. The molecule has 1 atom stereocenters. The monoisotopic (exact) mass is 471 g/mol. The van der Waals surface area contributed by atoms with Crippen molar-refractivity contribution in [1.82, 2.24) is 10.2 Å². The predicted molar refractivity (Wildman–Crippen MR) is 119 cm³/mol.